The lowest BCUT2D eigenvalue weighted by molar-refractivity contribution is 0.0512. The zero-order chi connectivity index (χ0) is 34.2. The Balaban J connectivity index is 0.000000296. The number of phenols is 2. The van der Waals surface area contributed by atoms with Gasteiger partial charge in [0.15, 0.2) is 22.7 Å². The normalized spacial score (nSPS) is 10.3. The van der Waals surface area contributed by atoms with Gasteiger partial charge >= 0.3 is 23.2 Å². The van der Waals surface area contributed by atoms with Crippen LogP contribution >= 0.6 is 0 Å². The van der Waals surface area contributed by atoms with E-state index in [0.29, 0.717) is 42.1 Å². The number of carbonyl (C=O) groups excluding carboxylic acids is 2. The molecular weight excluding hydrogens is 604 g/mol. The van der Waals surface area contributed by atoms with E-state index in [2.05, 4.69) is 0 Å². The van der Waals surface area contributed by atoms with Crippen LogP contribution in [0.15, 0.2) is 54.8 Å². The van der Waals surface area contributed by atoms with Crippen molar-refractivity contribution in [3.8, 4) is 23.0 Å². The van der Waals surface area contributed by atoms with Gasteiger partial charge in [-0.15, -0.1) is 0 Å². The number of rotatable bonds is 11. The molecule has 0 saturated carbocycles. The van der Waals surface area contributed by atoms with Crippen LogP contribution in [-0.4, -0.2) is 60.3 Å². The Morgan fingerprint density at radius 3 is 1.67 bits per heavy atom. The van der Waals surface area contributed by atoms with E-state index in [9.17, 15) is 29.4 Å². The highest BCUT2D eigenvalue weighted by molar-refractivity contribution is 5.95. The maximum absolute atomic E-state index is 12.1. The Bertz CT molecular complexity index is 1720. The van der Waals surface area contributed by atoms with Crippen LogP contribution in [0.2, 0.25) is 0 Å². The minimum absolute atomic E-state index is 0.131. The van der Waals surface area contributed by atoms with Gasteiger partial charge in [0.05, 0.1) is 26.4 Å². The molecule has 0 bridgehead atoms. The van der Waals surface area contributed by atoms with Gasteiger partial charge in [0.2, 0.25) is 11.5 Å². The summed E-state index contributed by atoms with van der Waals surface area (Å²) in [7, 11) is 0. The molecule has 0 aliphatic rings. The number of ether oxygens (including phenoxy) is 4. The molecular formula is C33H40O13. The second kappa shape index (κ2) is 18.7. The van der Waals surface area contributed by atoms with Gasteiger partial charge in [-0.1, -0.05) is 20.8 Å². The van der Waals surface area contributed by atoms with Gasteiger partial charge < -0.3 is 43.1 Å². The molecule has 0 atom stereocenters. The first-order chi connectivity index (χ1) is 22.1. The van der Waals surface area contributed by atoms with Gasteiger partial charge in [0, 0.05) is 17.4 Å². The lowest BCUT2D eigenvalue weighted by Crippen LogP contribution is -2.16. The van der Waals surface area contributed by atoms with Crippen LogP contribution in [0.25, 0.3) is 21.9 Å². The number of esters is 2. The standard InChI is InChI=1S/C18H22O6.C12H10O6.C3H8O/c1-4-9-22-14-8-7-12-11-13(17(19)21-6-3)18(20)24-15(12)16(14)23-10-5-2;1-2-17-11(15)7-5-6-3-4-8(13)9(14)10(6)18-12(7)16;1-2-3-4/h7-8,11H,4-6,9-10H2,1-3H3;3-5,13-14H,2H2,1H3;4H,2-3H2,1H3. The van der Waals surface area contributed by atoms with Crippen molar-refractivity contribution >= 4 is 33.9 Å². The van der Waals surface area contributed by atoms with Crippen molar-refractivity contribution < 1.29 is 52.7 Å². The molecule has 3 N–H and O–H groups in total. The second-order valence-electron chi connectivity index (χ2n) is 9.42. The summed E-state index contributed by atoms with van der Waals surface area (Å²) in [6.45, 7) is 10.8. The van der Waals surface area contributed by atoms with Crippen molar-refractivity contribution in [2.75, 3.05) is 33.0 Å². The van der Waals surface area contributed by atoms with Gasteiger partial charge in [0.25, 0.3) is 0 Å². The molecule has 0 radical (unpaired) electrons. The maximum atomic E-state index is 12.1. The number of aliphatic hydroxyl groups excluding tert-OH is 1. The molecule has 0 unspecified atom stereocenters. The Morgan fingerprint density at radius 1 is 0.696 bits per heavy atom. The number of phenolic OH excluding ortho intramolecular Hbond substituents is 2. The molecule has 46 heavy (non-hydrogen) atoms. The average Bonchev–Trinajstić information content (AvgIpc) is 3.05. The fourth-order valence-corrected chi connectivity index (χ4v) is 3.67. The number of carbonyl (C=O) groups is 2. The van der Waals surface area contributed by atoms with E-state index in [-0.39, 0.29) is 35.5 Å². The first-order valence-corrected chi connectivity index (χ1v) is 14.9. The molecule has 0 fully saturated rings. The fraction of sp³-hybridized carbons (Fsp3) is 0.394. The van der Waals surface area contributed by atoms with Crippen LogP contribution in [-0.2, 0) is 9.47 Å². The average molecular weight is 645 g/mol. The number of benzene rings is 2. The third-order valence-corrected chi connectivity index (χ3v) is 5.80. The van der Waals surface area contributed by atoms with E-state index in [1.54, 1.807) is 26.0 Å². The molecule has 13 nitrogen and oxygen atoms in total. The monoisotopic (exact) mass is 644 g/mol. The van der Waals surface area contributed by atoms with Crippen molar-refractivity contribution in [1.82, 2.24) is 0 Å². The summed E-state index contributed by atoms with van der Waals surface area (Å²) in [6, 6.07) is 8.82. The molecule has 0 aliphatic heterocycles. The number of aromatic hydroxyl groups is 2. The Kier molecular flexibility index (Phi) is 15.1. The highest BCUT2D eigenvalue weighted by atomic mass is 16.5. The molecule has 2 heterocycles. The van der Waals surface area contributed by atoms with E-state index in [4.69, 9.17) is 32.9 Å². The number of fused-ring (bicyclic) bond motifs is 2. The van der Waals surface area contributed by atoms with Crippen LogP contribution in [0, 0.1) is 0 Å². The van der Waals surface area contributed by atoms with E-state index < -0.39 is 34.7 Å². The highest BCUT2D eigenvalue weighted by Crippen LogP contribution is 2.36. The van der Waals surface area contributed by atoms with Crippen molar-refractivity contribution in [3.05, 3.63) is 68.4 Å². The van der Waals surface area contributed by atoms with Crippen LogP contribution in [0.4, 0.5) is 0 Å². The quantitative estimate of drug-likeness (QED) is 0.108. The summed E-state index contributed by atoms with van der Waals surface area (Å²) in [5, 5.41) is 27.5. The van der Waals surface area contributed by atoms with Crippen LogP contribution in [0.3, 0.4) is 0 Å². The molecule has 2 aromatic heterocycles. The van der Waals surface area contributed by atoms with Crippen molar-refractivity contribution in [1.29, 1.82) is 0 Å². The molecule has 4 aromatic rings. The zero-order valence-electron chi connectivity index (χ0n) is 26.5. The predicted molar refractivity (Wildman–Crippen MR) is 169 cm³/mol. The lowest BCUT2D eigenvalue weighted by atomic mass is 10.1. The van der Waals surface area contributed by atoms with Crippen LogP contribution in [0.5, 0.6) is 23.0 Å². The molecule has 2 aromatic carbocycles. The second-order valence-corrected chi connectivity index (χ2v) is 9.42. The molecule has 0 amide bonds. The SMILES string of the molecule is CCCO.CCCOc1ccc2cc(C(=O)OCC)c(=O)oc2c1OCCC.CCOC(=O)c1cc2ccc(O)c(O)c2oc1=O. The van der Waals surface area contributed by atoms with Gasteiger partial charge in [0.1, 0.15) is 11.1 Å². The van der Waals surface area contributed by atoms with Crippen molar-refractivity contribution in [3.63, 3.8) is 0 Å². The molecule has 4 rings (SSSR count). The summed E-state index contributed by atoms with van der Waals surface area (Å²) < 4.78 is 31.1. The van der Waals surface area contributed by atoms with E-state index in [0.717, 1.165) is 19.3 Å². The summed E-state index contributed by atoms with van der Waals surface area (Å²) in [5.74, 6) is -1.54. The largest absolute Gasteiger partial charge is 0.504 e. The van der Waals surface area contributed by atoms with Crippen molar-refractivity contribution in [2.45, 2.75) is 53.9 Å². The Hall–Kier alpha value is -5.04. The summed E-state index contributed by atoms with van der Waals surface area (Å²) in [6.07, 6.45) is 2.52. The maximum Gasteiger partial charge on any atom is 0.351 e. The van der Waals surface area contributed by atoms with Gasteiger partial charge in [-0.05, 0) is 69.5 Å². The van der Waals surface area contributed by atoms with E-state index in [1.165, 1.54) is 24.3 Å². The Morgan fingerprint density at radius 2 is 1.17 bits per heavy atom. The number of hydrogen-bond acceptors (Lipinski definition) is 13. The van der Waals surface area contributed by atoms with Gasteiger partial charge in [-0.3, -0.25) is 0 Å². The Labute approximate surface area is 264 Å². The highest BCUT2D eigenvalue weighted by Gasteiger charge is 2.20. The minimum Gasteiger partial charge on any atom is -0.504 e. The first kappa shape index (κ1) is 37.1. The summed E-state index contributed by atoms with van der Waals surface area (Å²) in [4.78, 5) is 47.0. The number of hydrogen-bond donors (Lipinski definition) is 3. The van der Waals surface area contributed by atoms with Crippen LogP contribution in [0.1, 0.15) is 74.6 Å². The van der Waals surface area contributed by atoms with Crippen molar-refractivity contribution in [2.24, 2.45) is 0 Å². The smallest absolute Gasteiger partial charge is 0.351 e. The third kappa shape index (κ3) is 9.73. The first-order valence-electron chi connectivity index (χ1n) is 14.9. The molecule has 0 aliphatic carbocycles. The van der Waals surface area contributed by atoms with E-state index in [1.807, 2.05) is 20.8 Å². The molecule has 0 saturated heterocycles. The zero-order valence-corrected chi connectivity index (χ0v) is 26.5. The topological polar surface area (TPSA) is 192 Å². The van der Waals surface area contributed by atoms with Crippen LogP contribution < -0.4 is 20.7 Å². The molecule has 250 valence electrons. The predicted octanol–water partition coefficient (Wildman–Crippen LogP) is 5.32. The molecule has 0 spiro atoms. The number of aliphatic hydroxyl groups is 1. The lowest BCUT2D eigenvalue weighted by Gasteiger charge is -2.13. The van der Waals surface area contributed by atoms with Gasteiger partial charge in [-0.2, -0.15) is 0 Å². The third-order valence-electron chi connectivity index (χ3n) is 5.80. The molecule has 13 heteroatoms. The minimum atomic E-state index is -0.929. The van der Waals surface area contributed by atoms with Gasteiger partial charge in [-0.25, -0.2) is 19.2 Å². The van der Waals surface area contributed by atoms with E-state index >= 15 is 0 Å². The fourth-order valence-electron chi connectivity index (χ4n) is 3.67. The summed E-state index contributed by atoms with van der Waals surface area (Å²) in [5.41, 5.74) is -1.97. The summed E-state index contributed by atoms with van der Waals surface area (Å²) >= 11 is 0.